The van der Waals surface area contributed by atoms with E-state index < -0.39 is 20.9 Å². The SMILES string of the molecule is COc1cc(C(=O)NCCN2CCN(S(=O)(=O)c3ccc(C)cc3)CC2)c([N+](=O)[O-])cc1OC. The molecular formula is C22H28N4O7S. The van der Waals surface area contributed by atoms with Crippen LogP contribution in [0.15, 0.2) is 41.3 Å². The number of aryl methyl sites for hydroxylation is 1. The quantitative estimate of drug-likeness (QED) is 0.413. The van der Waals surface area contributed by atoms with E-state index in [0.717, 1.165) is 11.6 Å². The van der Waals surface area contributed by atoms with Crippen LogP contribution in [0.25, 0.3) is 0 Å². The van der Waals surface area contributed by atoms with Gasteiger partial charge in [0.05, 0.1) is 30.1 Å². The van der Waals surface area contributed by atoms with Gasteiger partial charge in [-0.2, -0.15) is 4.31 Å². The molecule has 1 N–H and O–H groups in total. The lowest BCUT2D eigenvalue weighted by molar-refractivity contribution is -0.385. The number of hydrogen-bond acceptors (Lipinski definition) is 8. The van der Waals surface area contributed by atoms with Crippen LogP contribution < -0.4 is 14.8 Å². The van der Waals surface area contributed by atoms with Crippen molar-refractivity contribution in [1.82, 2.24) is 14.5 Å². The topological polar surface area (TPSA) is 131 Å². The predicted octanol–water partition coefficient (Wildman–Crippen LogP) is 1.66. The first-order chi connectivity index (χ1) is 16.2. The number of methoxy groups -OCH3 is 2. The van der Waals surface area contributed by atoms with E-state index in [-0.39, 0.29) is 34.2 Å². The highest BCUT2D eigenvalue weighted by molar-refractivity contribution is 7.89. The molecule has 34 heavy (non-hydrogen) atoms. The Balaban J connectivity index is 1.56. The number of benzene rings is 2. The van der Waals surface area contributed by atoms with E-state index in [4.69, 9.17) is 9.47 Å². The van der Waals surface area contributed by atoms with Gasteiger partial charge in [-0.3, -0.25) is 19.8 Å². The largest absolute Gasteiger partial charge is 0.493 e. The number of rotatable bonds is 9. The fourth-order valence-corrected chi connectivity index (χ4v) is 5.10. The molecule has 0 radical (unpaired) electrons. The minimum absolute atomic E-state index is 0.128. The van der Waals surface area contributed by atoms with Gasteiger partial charge in [0.25, 0.3) is 11.6 Å². The van der Waals surface area contributed by atoms with Gasteiger partial charge in [0.15, 0.2) is 11.5 Å². The third kappa shape index (κ3) is 5.64. The molecule has 0 spiro atoms. The fourth-order valence-electron chi connectivity index (χ4n) is 3.68. The molecule has 1 aliphatic rings. The molecule has 0 unspecified atom stereocenters. The zero-order valence-electron chi connectivity index (χ0n) is 19.3. The number of nitrogens with one attached hydrogen (secondary N) is 1. The fraction of sp³-hybridized carbons (Fsp3) is 0.409. The first-order valence-electron chi connectivity index (χ1n) is 10.6. The molecule has 2 aromatic carbocycles. The Labute approximate surface area is 198 Å². The number of nitro groups is 1. The van der Waals surface area contributed by atoms with E-state index in [1.54, 1.807) is 24.3 Å². The number of piperazine rings is 1. The highest BCUT2D eigenvalue weighted by Gasteiger charge is 2.29. The zero-order valence-corrected chi connectivity index (χ0v) is 20.1. The van der Waals surface area contributed by atoms with E-state index in [0.29, 0.717) is 32.7 Å². The van der Waals surface area contributed by atoms with E-state index in [1.807, 2.05) is 11.8 Å². The summed E-state index contributed by atoms with van der Waals surface area (Å²) in [7, 11) is -0.813. The van der Waals surface area contributed by atoms with Crippen molar-refractivity contribution in [3.63, 3.8) is 0 Å². The third-order valence-corrected chi connectivity index (χ3v) is 7.56. The Bertz CT molecular complexity index is 1140. The minimum Gasteiger partial charge on any atom is -0.493 e. The Morgan fingerprint density at radius 3 is 2.21 bits per heavy atom. The molecule has 1 aliphatic heterocycles. The molecule has 1 fully saturated rings. The molecule has 0 atom stereocenters. The number of carbonyl (C=O) groups excluding carboxylic acids is 1. The Kier molecular flexibility index (Phi) is 8.07. The predicted molar refractivity (Wildman–Crippen MR) is 125 cm³/mol. The van der Waals surface area contributed by atoms with Gasteiger partial charge in [0.2, 0.25) is 10.0 Å². The van der Waals surface area contributed by atoms with Crippen LogP contribution in [0.3, 0.4) is 0 Å². The minimum atomic E-state index is -3.55. The number of nitrogens with zero attached hydrogens (tertiary/aromatic N) is 3. The van der Waals surface area contributed by atoms with Crippen LogP contribution in [-0.2, 0) is 10.0 Å². The third-order valence-electron chi connectivity index (χ3n) is 5.65. The molecule has 2 aromatic rings. The number of nitro benzene ring substituents is 1. The molecule has 184 valence electrons. The maximum absolute atomic E-state index is 12.8. The highest BCUT2D eigenvalue weighted by Crippen LogP contribution is 2.34. The van der Waals surface area contributed by atoms with Gasteiger partial charge in [0, 0.05) is 45.3 Å². The first kappa shape index (κ1) is 25.4. The average Bonchev–Trinajstić information content (AvgIpc) is 2.83. The summed E-state index contributed by atoms with van der Waals surface area (Å²) in [4.78, 5) is 25.7. The van der Waals surface area contributed by atoms with Gasteiger partial charge in [-0.15, -0.1) is 0 Å². The number of hydrogen-bond donors (Lipinski definition) is 1. The Morgan fingerprint density at radius 1 is 1.06 bits per heavy atom. The number of ether oxygens (including phenoxy) is 2. The molecule has 1 saturated heterocycles. The lowest BCUT2D eigenvalue weighted by Crippen LogP contribution is -2.50. The Hall–Kier alpha value is -3.22. The van der Waals surface area contributed by atoms with Gasteiger partial charge in [0.1, 0.15) is 5.56 Å². The maximum atomic E-state index is 12.8. The normalized spacial score (nSPS) is 15.0. The lowest BCUT2D eigenvalue weighted by atomic mass is 10.1. The summed E-state index contributed by atoms with van der Waals surface area (Å²) in [5.74, 6) is -0.235. The zero-order chi connectivity index (χ0) is 24.9. The van der Waals surface area contributed by atoms with Crippen LogP contribution >= 0.6 is 0 Å². The molecule has 12 heteroatoms. The molecule has 0 bridgehead atoms. The molecule has 0 saturated carbocycles. The molecule has 3 rings (SSSR count). The lowest BCUT2D eigenvalue weighted by Gasteiger charge is -2.34. The maximum Gasteiger partial charge on any atom is 0.286 e. The van der Waals surface area contributed by atoms with Crippen LogP contribution in [0.5, 0.6) is 11.5 Å². The van der Waals surface area contributed by atoms with Crippen molar-refractivity contribution >= 4 is 21.6 Å². The average molecular weight is 493 g/mol. The van der Waals surface area contributed by atoms with Gasteiger partial charge < -0.3 is 14.8 Å². The number of carbonyl (C=O) groups is 1. The number of sulfonamides is 1. The van der Waals surface area contributed by atoms with Crippen molar-refractivity contribution in [3.8, 4) is 11.5 Å². The van der Waals surface area contributed by atoms with E-state index >= 15 is 0 Å². The summed E-state index contributed by atoms with van der Waals surface area (Å²) in [6, 6.07) is 9.20. The van der Waals surface area contributed by atoms with Gasteiger partial charge >= 0.3 is 0 Å². The van der Waals surface area contributed by atoms with Gasteiger partial charge in [-0.05, 0) is 19.1 Å². The van der Waals surface area contributed by atoms with Crippen molar-refractivity contribution in [2.75, 3.05) is 53.5 Å². The summed E-state index contributed by atoms with van der Waals surface area (Å²) in [5, 5.41) is 14.1. The van der Waals surface area contributed by atoms with Crippen LogP contribution in [-0.4, -0.2) is 81.9 Å². The van der Waals surface area contributed by atoms with Crippen molar-refractivity contribution in [1.29, 1.82) is 0 Å². The number of amides is 1. The van der Waals surface area contributed by atoms with Gasteiger partial charge in [-0.25, -0.2) is 8.42 Å². The summed E-state index contributed by atoms with van der Waals surface area (Å²) in [5.41, 5.74) is 0.478. The monoisotopic (exact) mass is 492 g/mol. The highest BCUT2D eigenvalue weighted by atomic mass is 32.2. The van der Waals surface area contributed by atoms with Crippen LogP contribution in [0.2, 0.25) is 0 Å². The van der Waals surface area contributed by atoms with Crippen molar-refractivity contribution in [3.05, 3.63) is 57.6 Å². The molecule has 1 heterocycles. The first-order valence-corrected chi connectivity index (χ1v) is 12.1. The second-order valence-electron chi connectivity index (χ2n) is 7.80. The van der Waals surface area contributed by atoms with E-state index in [9.17, 15) is 23.3 Å². The molecule has 0 aliphatic carbocycles. The molecule has 11 nitrogen and oxygen atoms in total. The molecular weight excluding hydrogens is 464 g/mol. The van der Waals surface area contributed by atoms with Crippen molar-refractivity contribution in [2.45, 2.75) is 11.8 Å². The molecule has 0 aromatic heterocycles. The smallest absolute Gasteiger partial charge is 0.286 e. The van der Waals surface area contributed by atoms with Crippen LogP contribution in [0.4, 0.5) is 5.69 Å². The summed E-state index contributed by atoms with van der Waals surface area (Å²) in [6.07, 6.45) is 0. The van der Waals surface area contributed by atoms with Crippen LogP contribution in [0, 0.1) is 17.0 Å². The van der Waals surface area contributed by atoms with Crippen molar-refractivity contribution in [2.24, 2.45) is 0 Å². The summed E-state index contributed by atoms with van der Waals surface area (Å²) < 4.78 is 37.3. The van der Waals surface area contributed by atoms with E-state index in [1.165, 1.54) is 24.6 Å². The Morgan fingerprint density at radius 2 is 1.65 bits per heavy atom. The summed E-state index contributed by atoms with van der Waals surface area (Å²) in [6.45, 7) is 4.32. The standard InChI is InChI=1S/C22H28N4O7S/c1-16-4-6-17(7-5-16)34(30,31)25-12-10-24(11-13-25)9-8-23-22(27)18-14-20(32-2)21(33-3)15-19(18)26(28)29/h4-7,14-15H,8-13H2,1-3H3,(H,23,27). The summed E-state index contributed by atoms with van der Waals surface area (Å²) >= 11 is 0. The van der Waals surface area contributed by atoms with Gasteiger partial charge in [-0.1, -0.05) is 17.7 Å². The second-order valence-corrected chi connectivity index (χ2v) is 9.73. The van der Waals surface area contributed by atoms with E-state index in [2.05, 4.69) is 5.32 Å². The molecule has 1 amide bonds. The van der Waals surface area contributed by atoms with Crippen LogP contribution in [0.1, 0.15) is 15.9 Å². The second kappa shape index (κ2) is 10.8. The van der Waals surface area contributed by atoms with Crippen molar-refractivity contribution < 1.29 is 27.6 Å².